The second-order valence-corrected chi connectivity index (χ2v) is 13.0. The van der Waals surface area contributed by atoms with E-state index >= 15 is 0 Å². The number of alkyl halides is 3. The van der Waals surface area contributed by atoms with Crippen molar-refractivity contribution in [2.45, 2.75) is 31.9 Å². The molecule has 0 spiro atoms. The zero-order valence-electron chi connectivity index (χ0n) is 22.5. The van der Waals surface area contributed by atoms with Crippen LogP contribution in [0.4, 0.5) is 17.6 Å². The highest BCUT2D eigenvalue weighted by atomic mass is 32.2. The van der Waals surface area contributed by atoms with Crippen LogP contribution in [-0.2, 0) is 26.0 Å². The molecule has 1 N–H and O–H groups in total. The van der Waals surface area contributed by atoms with Gasteiger partial charge in [-0.2, -0.15) is 0 Å². The minimum Gasteiger partial charge on any atom is -0.494 e. The Kier molecular flexibility index (Phi) is 7.97. The van der Waals surface area contributed by atoms with Gasteiger partial charge >= 0.3 is 12.3 Å². The van der Waals surface area contributed by atoms with Crippen molar-refractivity contribution >= 4 is 15.8 Å². The number of aliphatic carboxylic acids is 1. The van der Waals surface area contributed by atoms with Crippen molar-refractivity contribution in [2.75, 3.05) is 18.6 Å². The van der Waals surface area contributed by atoms with Gasteiger partial charge in [0, 0.05) is 23.3 Å². The molecule has 0 saturated heterocycles. The fourth-order valence-electron chi connectivity index (χ4n) is 5.64. The van der Waals surface area contributed by atoms with Crippen molar-refractivity contribution in [1.29, 1.82) is 0 Å². The molecule has 42 heavy (non-hydrogen) atoms. The maximum atomic E-state index is 14.8. The summed E-state index contributed by atoms with van der Waals surface area (Å²) in [5.74, 6) is -2.21. The second-order valence-electron chi connectivity index (χ2n) is 10.7. The molecule has 3 aliphatic carbocycles. The van der Waals surface area contributed by atoms with Crippen LogP contribution in [0, 0.1) is 23.6 Å². The molecule has 7 nitrogen and oxygen atoms in total. The van der Waals surface area contributed by atoms with Crippen LogP contribution in [0.3, 0.4) is 0 Å². The Morgan fingerprint density at radius 3 is 2.62 bits per heavy atom. The topological polar surface area (TPSA) is 99.1 Å². The van der Waals surface area contributed by atoms with E-state index in [-0.39, 0.29) is 65.6 Å². The first-order valence-electron chi connectivity index (χ1n) is 13.1. The molecular weight excluding hydrogens is 580 g/mol. The summed E-state index contributed by atoms with van der Waals surface area (Å²) >= 11 is 0. The number of carbonyl (C=O) groups is 1. The van der Waals surface area contributed by atoms with E-state index in [0.717, 1.165) is 29.5 Å². The lowest BCUT2D eigenvalue weighted by atomic mass is 9.90. The van der Waals surface area contributed by atoms with E-state index in [1.807, 2.05) is 12.2 Å². The van der Waals surface area contributed by atoms with E-state index < -0.39 is 39.8 Å². The Morgan fingerprint density at radius 1 is 1.17 bits per heavy atom. The van der Waals surface area contributed by atoms with Crippen LogP contribution >= 0.6 is 0 Å². The fourth-order valence-corrected chi connectivity index (χ4v) is 6.28. The number of fused-ring (bicyclic) bond motifs is 3. The van der Waals surface area contributed by atoms with E-state index in [2.05, 4.69) is 11.3 Å². The SMILES string of the molecule is C=C1C=C2C(=CC1OCc1cc(-c3cc(OCCCS(C)(=O)=O)ccc3OC(F)(F)F)ccc1F)C[C@H]1[C@H](C(=O)O)[C@@H]21. The van der Waals surface area contributed by atoms with Crippen LogP contribution in [0.1, 0.15) is 18.4 Å². The minimum atomic E-state index is -4.98. The number of hydrogen-bond acceptors (Lipinski definition) is 6. The summed E-state index contributed by atoms with van der Waals surface area (Å²) < 4.78 is 92.6. The van der Waals surface area contributed by atoms with E-state index in [9.17, 15) is 35.9 Å². The number of sulfone groups is 1. The maximum Gasteiger partial charge on any atom is 0.573 e. The molecule has 2 saturated carbocycles. The molecule has 1 unspecified atom stereocenters. The lowest BCUT2D eigenvalue weighted by Gasteiger charge is -2.23. The predicted molar refractivity (Wildman–Crippen MR) is 145 cm³/mol. The van der Waals surface area contributed by atoms with Crippen molar-refractivity contribution < 1.29 is 50.1 Å². The Morgan fingerprint density at radius 2 is 1.93 bits per heavy atom. The number of carboxylic acid groups (broad SMARTS) is 1. The lowest BCUT2D eigenvalue weighted by molar-refractivity contribution is -0.274. The first-order chi connectivity index (χ1) is 19.7. The van der Waals surface area contributed by atoms with E-state index in [1.54, 1.807) is 0 Å². The smallest absolute Gasteiger partial charge is 0.494 e. The van der Waals surface area contributed by atoms with E-state index in [0.29, 0.717) is 12.0 Å². The summed E-state index contributed by atoms with van der Waals surface area (Å²) in [6.07, 6.45) is 0.0533. The summed E-state index contributed by atoms with van der Waals surface area (Å²) in [5.41, 5.74) is 2.85. The standard InChI is InChI=1S/C30H28F4O7S/c1-16-10-22-18(12-23-27(22)28(23)29(35)36)13-26(16)40-15-19-11-17(4-6-24(19)31)21-14-20(39-8-3-9-42(2,37)38)5-7-25(21)41-30(32,33)34/h4-7,10-11,13-14,23,26-28H,1,3,8-9,12,15H2,2H3,(H,35,36)/t23-,26?,27+,28+/m1/s1. The summed E-state index contributed by atoms with van der Waals surface area (Å²) in [4.78, 5) is 11.4. The summed E-state index contributed by atoms with van der Waals surface area (Å²) in [6.45, 7) is 3.83. The molecule has 2 aromatic rings. The van der Waals surface area contributed by atoms with Crippen LogP contribution < -0.4 is 9.47 Å². The molecule has 12 heteroatoms. The normalized spacial score (nSPS) is 23.0. The largest absolute Gasteiger partial charge is 0.573 e. The van der Waals surface area contributed by atoms with E-state index in [4.69, 9.17) is 9.47 Å². The van der Waals surface area contributed by atoms with Crippen LogP contribution in [0.2, 0.25) is 0 Å². The molecule has 0 bridgehead atoms. The number of allylic oxidation sites excluding steroid dienone is 2. The second kappa shape index (κ2) is 11.2. The van der Waals surface area contributed by atoms with Gasteiger partial charge in [-0.3, -0.25) is 4.79 Å². The molecule has 0 amide bonds. The number of benzene rings is 2. The summed E-state index contributed by atoms with van der Waals surface area (Å²) in [6, 6.07) is 7.46. The predicted octanol–water partition coefficient (Wildman–Crippen LogP) is 5.86. The summed E-state index contributed by atoms with van der Waals surface area (Å²) in [5, 5.41) is 9.35. The average molecular weight is 609 g/mol. The number of halogens is 4. The molecule has 0 heterocycles. The lowest BCUT2D eigenvalue weighted by Crippen LogP contribution is -2.18. The third-order valence-electron chi connectivity index (χ3n) is 7.58. The molecule has 2 fully saturated rings. The number of hydrogen-bond donors (Lipinski definition) is 1. The van der Waals surface area contributed by atoms with Crippen molar-refractivity contribution in [3.8, 4) is 22.6 Å². The van der Waals surface area contributed by atoms with Crippen molar-refractivity contribution in [3.63, 3.8) is 0 Å². The highest BCUT2D eigenvalue weighted by molar-refractivity contribution is 7.90. The molecule has 224 valence electrons. The van der Waals surface area contributed by atoms with Gasteiger partial charge in [-0.15, -0.1) is 13.2 Å². The molecule has 2 aromatic carbocycles. The first kappa shape index (κ1) is 29.8. The van der Waals surface area contributed by atoms with Gasteiger partial charge in [-0.25, -0.2) is 12.8 Å². The van der Waals surface area contributed by atoms with Gasteiger partial charge in [0.2, 0.25) is 0 Å². The average Bonchev–Trinajstić information content (AvgIpc) is 3.50. The number of carboxylic acids is 1. The molecule has 0 radical (unpaired) electrons. The minimum absolute atomic E-state index is 0.0101. The Balaban J connectivity index is 1.32. The first-order valence-corrected chi connectivity index (χ1v) is 15.2. The zero-order valence-corrected chi connectivity index (χ0v) is 23.3. The van der Waals surface area contributed by atoms with Crippen LogP contribution in [0.15, 0.2) is 71.8 Å². The summed E-state index contributed by atoms with van der Waals surface area (Å²) in [7, 11) is -3.20. The van der Waals surface area contributed by atoms with Crippen LogP contribution in [0.5, 0.6) is 11.5 Å². The van der Waals surface area contributed by atoms with Gasteiger partial charge < -0.3 is 19.3 Å². The molecule has 3 aliphatic rings. The molecule has 0 aliphatic heterocycles. The van der Waals surface area contributed by atoms with Gasteiger partial charge in [-0.1, -0.05) is 18.7 Å². The van der Waals surface area contributed by atoms with Gasteiger partial charge in [-0.05, 0) is 77.5 Å². The third kappa shape index (κ3) is 6.70. The van der Waals surface area contributed by atoms with Gasteiger partial charge in [0.1, 0.15) is 33.3 Å². The van der Waals surface area contributed by atoms with Crippen molar-refractivity contribution in [1.82, 2.24) is 0 Å². The van der Waals surface area contributed by atoms with Gasteiger partial charge in [0.15, 0.2) is 0 Å². The number of rotatable bonds is 11. The molecule has 5 rings (SSSR count). The Bertz CT molecular complexity index is 1590. The van der Waals surface area contributed by atoms with Gasteiger partial charge in [0.25, 0.3) is 0 Å². The number of ether oxygens (including phenoxy) is 3. The monoisotopic (exact) mass is 608 g/mol. The Labute approximate surface area is 240 Å². The third-order valence-corrected chi connectivity index (χ3v) is 8.61. The van der Waals surface area contributed by atoms with Crippen molar-refractivity contribution in [3.05, 3.63) is 83.2 Å². The molecule has 4 atom stereocenters. The van der Waals surface area contributed by atoms with Crippen LogP contribution in [-0.4, -0.2) is 50.6 Å². The Hall–Kier alpha value is -3.64. The van der Waals surface area contributed by atoms with Crippen molar-refractivity contribution in [2.24, 2.45) is 17.8 Å². The van der Waals surface area contributed by atoms with Crippen LogP contribution in [0.25, 0.3) is 11.1 Å². The fraction of sp³-hybridized carbons (Fsp3) is 0.367. The zero-order chi connectivity index (χ0) is 30.4. The quantitative estimate of drug-likeness (QED) is 0.252. The van der Waals surface area contributed by atoms with E-state index in [1.165, 1.54) is 24.3 Å². The molecule has 0 aromatic heterocycles. The maximum absolute atomic E-state index is 14.8. The van der Waals surface area contributed by atoms with Gasteiger partial charge in [0.05, 0.1) is 24.9 Å². The molecular formula is C30H28F4O7S. The highest BCUT2D eigenvalue weighted by Crippen LogP contribution is 2.63. The highest BCUT2D eigenvalue weighted by Gasteiger charge is 2.61.